The van der Waals surface area contributed by atoms with Crippen molar-refractivity contribution in [3.63, 3.8) is 0 Å². The first-order chi connectivity index (χ1) is 11.2. The van der Waals surface area contributed by atoms with Gasteiger partial charge in [0.2, 0.25) is 0 Å². The van der Waals surface area contributed by atoms with E-state index < -0.39 is 8.32 Å². The molecule has 0 spiro atoms. The van der Waals surface area contributed by atoms with Crippen LogP contribution in [0, 0.1) is 0 Å². The number of rotatable bonds is 9. The summed E-state index contributed by atoms with van der Waals surface area (Å²) >= 11 is 0. The van der Waals surface area contributed by atoms with E-state index in [2.05, 4.69) is 52.9 Å². The van der Waals surface area contributed by atoms with Crippen molar-refractivity contribution < 1.29 is 13.9 Å². The van der Waals surface area contributed by atoms with Gasteiger partial charge in [-0.15, -0.1) is 0 Å². The van der Waals surface area contributed by atoms with E-state index in [-0.39, 0.29) is 17.2 Å². The Kier molecular flexibility index (Phi) is 6.65. The molecular formula is C20H34O3Si. The van der Waals surface area contributed by atoms with Gasteiger partial charge in [-0.05, 0) is 43.5 Å². The minimum atomic E-state index is -1.61. The van der Waals surface area contributed by atoms with Gasteiger partial charge in [-0.25, -0.2) is 0 Å². The van der Waals surface area contributed by atoms with Crippen LogP contribution in [-0.4, -0.2) is 33.2 Å². The fourth-order valence-electron chi connectivity index (χ4n) is 2.53. The zero-order valence-corrected chi connectivity index (χ0v) is 17.2. The van der Waals surface area contributed by atoms with Crippen LogP contribution in [0.4, 0.5) is 0 Å². The van der Waals surface area contributed by atoms with Gasteiger partial charge in [-0.1, -0.05) is 51.1 Å². The van der Waals surface area contributed by atoms with Crippen molar-refractivity contribution in [3.05, 3.63) is 35.9 Å². The summed E-state index contributed by atoms with van der Waals surface area (Å²) in [7, 11) is -1.61. The summed E-state index contributed by atoms with van der Waals surface area (Å²) in [6.07, 6.45) is 2.88. The summed E-state index contributed by atoms with van der Waals surface area (Å²) in [4.78, 5) is 0. The number of ether oxygens (including phenoxy) is 2. The molecule has 0 aliphatic carbocycles. The molecule has 1 saturated heterocycles. The molecule has 3 atom stereocenters. The van der Waals surface area contributed by atoms with Crippen molar-refractivity contribution in [3.8, 4) is 0 Å². The van der Waals surface area contributed by atoms with E-state index in [9.17, 15) is 0 Å². The van der Waals surface area contributed by atoms with Gasteiger partial charge >= 0.3 is 0 Å². The van der Waals surface area contributed by atoms with Gasteiger partial charge in [0.1, 0.15) is 6.10 Å². The van der Waals surface area contributed by atoms with Gasteiger partial charge in [-0.3, -0.25) is 0 Å². The lowest BCUT2D eigenvalue weighted by molar-refractivity contribution is 0.0340. The van der Waals surface area contributed by atoms with E-state index in [1.807, 2.05) is 18.2 Å². The second-order valence-corrected chi connectivity index (χ2v) is 13.2. The Balaban J connectivity index is 1.60. The highest BCUT2D eigenvalue weighted by atomic mass is 28.4. The van der Waals surface area contributed by atoms with Gasteiger partial charge in [0.25, 0.3) is 0 Å². The molecule has 3 nitrogen and oxygen atoms in total. The van der Waals surface area contributed by atoms with Gasteiger partial charge in [0.15, 0.2) is 8.32 Å². The third-order valence-corrected chi connectivity index (χ3v) is 9.88. The summed E-state index contributed by atoms with van der Waals surface area (Å²) in [6, 6.07) is 10.3. The van der Waals surface area contributed by atoms with Crippen molar-refractivity contribution >= 4 is 8.32 Å². The van der Waals surface area contributed by atoms with Crippen molar-refractivity contribution in [2.75, 3.05) is 6.61 Å². The lowest BCUT2D eigenvalue weighted by Gasteiger charge is -2.36. The fraction of sp³-hybridized carbons (Fsp3) is 0.700. The van der Waals surface area contributed by atoms with Crippen LogP contribution in [0.1, 0.15) is 46.1 Å². The molecule has 1 fully saturated rings. The third kappa shape index (κ3) is 5.69. The highest BCUT2D eigenvalue weighted by Gasteiger charge is 2.43. The Morgan fingerprint density at radius 2 is 1.83 bits per heavy atom. The van der Waals surface area contributed by atoms with Crippen molar-refractivity contribution in [1.29, 1.82) is 0 Å². The van der Waals surface area contributed by atoms with Crippen molar-refractivity contribution in [2.45, 2.75) is 83.6 Å². The van der Waals surface area contributed by atoms with E-state index in [1.54, 1.807) is 0 Å². The summed E-state index contributed by atoms with van der Waals surface area (Å²) in [5.74, 6) is 0. The quantitative estimate of drug-likeness (QED) is 0.350. The van der Waals surface area contributed by atoms with Crippen LogP contribution in [0.15, 0.2) is 30.3 Å². The SMILES string of the molecule is C[C@H](OCc1ccccc1)[C@H]1O[C@H]1CCCO[Si](C)(C)C(C)(C)C. The lowest BCUT2D eigenvalue weighted by Crippen LogP contribution is -2.41. The molecule has 0 amide bonds. The average molecular weight is 351 g/mol. The lowest BCUT2D eigenvalue weighted by atomic mass is 10.1. The molecule has 136 valence electrons. The molecule has 1 aliphatic rings. The summed E-state index contributed by atoms with van der Waals surface area (Å²) < 4.78 is 18.0. The predicted octanol–water partition coefficient (Wildman–Crippen LogP) is 5.16. The number of hydrogen-bond acceptors (Lipinski definition) is 3. The summed E-state index contributed by atoms with van der Waals surface area (Å²) in [5, 5.41) is 0.283. The molecule has 0 aromatic heterocycles. The van der Waals surface area contributed by atoms with E-state index in [0.29, 0.717) is 12.7 Å². The van der Waals surface area contributed by atoms with Crippen LogP contribution >= 0.6 is 0 Å². The van der Waals surface area contributed by atoms with Crippen LogP contribution in [0.2, 0.25) is 18.1 Å². The molecule has 24 heavy (non-hydrogen) atoms. The summed E-state index contributed by atoms with van der Waals surface area (Å²) in [5.41, 5.74) is 1.21. The first-order valence-corrected chi connectivity index (χ1v) is 12.1. The molecule has 1 aromatic rings. The largest absolute Gasteiger partial charge is 0.417 e. The van der Waals surface area contributed by atoms with E-state index >= 15 is 0 Å². The maximum Gasteiger partial charge on any atom is 0.191 e. The van der Waals surface area contributed by atoms with Crippen LogP contribution in [0.3, 0.4) is 0 Å². The Morgan fingerprint density at radius 1 is 1.17 bits per heavy atom. The molecular weight excluding hydrogens is 316 g/mol. The normalized spacial score (nSPS) is 22.4. The standard InChI is InChI=1S/C20H34O3Si/c1-16(21-15-17-11-8-7-9-12-17)19-18(23-19)13-10-14-22-24(5,6)20(2,3)4/h7-9,11-12,16,18-19H,10,13-15H2,1-6H3/t16-,18-,19+/m0/s1. The van der Waals surface area contributed by atoms with Gasteiger partial charge in [0.05, 0.1) is 18.8 Å². The number of epoxide rings is 1. The van der Waals surface area contributed by atoms with Crippen LogP contribution in [-0.2, 0) is 20.5 Å². The molecule has 1 heterocycles. The van der Waals surface area contributed by atoms with Gasteiger partial charge < -0.3 is 13.9 Å². The third-order valence-electron chi connectivity index (χ3n) is 5.34. The molecule has 0 radical (unpaired) electrons. The van der Waals surface area contributed by atoms with Gasteiger partial charge in [0, 0.05) is 6.61 Å². The minimum absolute atomic E-state index is 0.150. The Labute approximate surface area is 148 Å². The maximum atomic E-state index is 6.23. The first kappa shape index (κ1) is 19.6. The Hall–Kier alpha value is -0.683. The maximum absolute atomic E-state index is 6.23. The van der Waals surface area contributed by atoms with Crippen LogP contribution in [0.5, 0.6) is 0 Å². The molecule has 1 aliphatic heterocycles. The molecule has 0 N–H and O–H groups in total. The van der Waals surface area contributed by atoms with E-state index in [1.165, 1.54) is 5.56 Å². The van der Waals surface area contributed by atoms with E-state index in [0.717, 1.165) is 19.4 Å². The van der Waals surface area contributed by atoms with Gasteiger partial charge in [-0.2, -0.15) is 0 Å². The Bertz CT molecular complexity index is 495. The van der Waals surface area contributed by atoms with Crippen LogP contribution < -0.4 is 0 Å². The average Bonchev–Trinajstić information content (AvgIpc) is 3.29. The zero-order chi connectivity index (χ0) is 17.8. The zero-order valence-electron chi connectivity index (χ0n) is 16.2. The number of benzene rings is 1. The number of hydrogen-bond donors (Lipinski definition) is 0. The van der Waals surface area contributed by atoms with E-state index in [4.69, 9.17) is 13.9 Å². The second kappa shape index (κ2) is 8.13. The molecule has 4 heteroatoms. The predicted molar refractivity (Wildman–Crippen MR) is 102 cm³/mol. The second-order valence-electron chi connectivity index (χ2n) is 8.39. The van der Waals surface area contributed by atoms with Crippen LogP contribution in [0.25, 0.3) is 0 Å². The summed E-state index contributed by atoms with van der Waals surface area (Å²) in [6.45, 7) is 15.1. The smallest absolute Gasteiger partial charge is 0.191 e. The molecule has 0 unspecified atom stereocenters. The molecule has 0 saturated carbocycles. The van der Waals surface area contributed by atoms with Crippen molar-refractivity contribution in [1.82, 2.24) is 0 Å². The fourth-order valence-corrected chi connectivity index (χ4v) is 3.61. The highest BCUT2D eigenvalue weighted by molar-refractivity contribution is 6.74. The minimum Gasteiger partial charge on any atom is -0.417 e. The molecule has 0 bridgehead atoms. The van der Waals surface area contributed by atoms with Crippen molar-refractivity contribution in [2.24, 2.45) is 0 Å². The Morgan fingerprint density at radius 3 is 2.46 bits per heavy atom. The molecule has 2 rings (SSSR count). The topological polar surface area (TPSA) is 31.0 Å². The highest BCUT2D eigenvalue weighted by Crippen LogP contribution is 2.37. The monoisotopic (exact) mass is 350 g/mol. The molecule has 1 aromatic carbocycles. The first-order valence-electron chi connectivity index (χ1n) is 9.16.